The fourth-order valence-corrected chi connectivity index (χ4v) is 1.89. The van der Waals surface area contributed by atoms with Crippen molar-refractivity contribution in [2.45, 2.75) is 13.0 Å². The van der Waals surface area contributed by atoms with E-state index in [2.05, 4.69) is 10.1 Å². The molecule has 0 radical (unpaired) electrons. The minimum absolute atomic E-state index is 0.00307. The third kappa shape index (κ3) is 1.84. The minimum atomic E-state index is -0.387. The van der Waals surface area contributed by atoms with Crippen LogP contribution in [-0.4, -0.2) is 32.1 Å². The van der Waals surface area contributed by atoms with Crippen molar-refractivity contribution < 1.29 is 14.3 Å². The number of nitrogens with one attached hydrogen (secondary N) is 1. The second kappa shape index (κ2) is 4.08. The molecule has 5 nitrogen and oxygen atoms in total. The first-order valence-corrected chi connectivity index (χ1v) is 5.31. The summed E-state index contributed by atoms with van der Waals surface area (Å²) in [4.78, 5) is 24.7. The Balaban J connectivity index is 2.44. The molecule has 0 spiro atoms. The summed E-state index contributed by atoms with van der Waals surface area (Å²) < 4.78 is 4.65. The molecular formula is C12H14N2O3. The van der Waals surface area contributed by atoms with Crippen LogP contribution in [0.3, 0.4) is 0 Å². The van der Waals surface area contributed by atoms with E-state index in [-0.39, 0.29) is 17.9 Å². The number of esters is 1. The van der Waals surface area contributed by atoms with Gasteiger partial charge in [-0.2, -0.15) is 0 Å². The number of hydrogen-bond donors (Lipinski definition) is 1. The van der Waals surface area contributed by atoms with Gasteiger partial charge in [0, 0.05) is 7.05 Å². The molecule has 1 aliphatic heterocycles. The highest BCUT2D eigenvalue weighted by Gasteiger charge is 2.27. The number of benzene rings is 1. The summed E-state index contributed by atoms with van der Waals surface area (Å²) in [6.45, 7) is 1.78. The van der Waals surface area contributed by atoms with Crippen LogP contribution in [0.4, 0.5) is 11.4 Å². The number of hydrogen-bond acceptors (Lipinski definition) is 4. The quantitative estimate of drug-likeness (QED) is 0.743. The van der Waals surface area contributed by atoms with Gasteiger partial charge < -0.3 is 15.0 Å². The van der Waals surface area contributed by atoms with Crippen LogP contribution in [0.2, 0.25) is 0 Å². The molecular weight excluding hydrogens is 220 g/mol. The maximum atomic E-state index is 11.7. The Morgan fingerprint density at radius 1 is 1.47 bits per heavy atom. The van der Waals surface area contributed by atoms with Crippen LogP contribution in [-0.2, 0) is 9.53 Å². The second-order valence-electron chi connectivity index (χ2n) is 3.99. The number of methoxy groups -OCH3 is 1. The third-order valence-electron chi connectivity index (χ3n) is 2.85. The molecule has 0 fully saturated rings. The zero-order chi connectivity index (χ0) is 12.6. The molecule has 1 N–H and O–H groups in total. The van der Waals surface area contributed by atoms with Crippen LogP contribution in [0.25, 0.3) is 0 Å². The summed E-state index contributed by atoms with van der Waals surface area (Å²) in [5, 5.41) is 3.06. The molecule has 0 aromatic heterocycles. The molecule has 0 saturated carbocycles. The molecule has 1 amide bonds. The largest absolute Gasteiger partial charge is 0.465 e. The molecule has 1 aliphatic rings. The Kier molecular flexibility index (Phi) is 2.75. The molecule has 17 heavy (non-hydrogen) atoms. The van der Waals surface area contributed by atoms with E-state index in [1.54, 1.807) is 37.1 Å². The highest BCUT2D eigenvalue weighted by Crippen LogP contribution is 2.31. The molecule has 5 heteroatoms. The number of fused-ring (bicyclic) bond motifs is 1. The van der Waals surface area contributed by atoms with Crippen molar-refractivity contribution >= 4 is 23.3 Å². The second-order valence-corrected chi connectivity index (χ2v) is 3.99. The zero-order valence-electron chi connectivity index (χ0n) is 9.98. The van der Waals surface area contributed by atoms with Crippen molar-refractivity contribution in [2.24, 2.45) is 0 Å². The Morgan fingerprint density at radius 2 is 2.18 bits per heavy atom. The average Bonchev–Trinajstić information content (AvgIpc) is 2.34. The van der Waals surface area contributed by atoms with E-state index in [1.165, 1.54) is 7.11 Å². The number of carbonyl (C=O) groups excluding carboxylic acids is 2. The topological polar surface area (TPSA) is 58.6 Å². The molecule has 1 aromatic carbocycles. The van der Waals surface area contributed by atoms with Gasteiger partial charge in [0.05, 0.1) is 24.0 Å². The first kappa shape index (κ1) is 11.4. The Labute approximate surface area is 99.4 Å². The summed E-state index contributed by atoms with van der Waals surface area (Å²) in [5.41, 5.74) is 2.00. The van der Waals surface area contributed by atoms with Crippen LogP contribution in [0.15, 0.2) is 18.2 Å². The van der Waals surface area contributed by atoms with Gasteiger partial charge in [0.1, 0.15) is 6.04 Å². The van der Waals surface area contributed by atoms with E-state index in [0.29, 0.717) is 5.56 Å². The lowest BCUT2D eigenvalue weighted by molar-refractivity contribution is -0.118. The average molecular weight is 234 g/mol. The number of ether oxygens (including phenoxy) is 1. The summed E-state index contributed by atoms with van der Waals surface area (Å²) in [5.74, 6) is -0.384. The van der Waals surface area contributed by atoms with E-state index < -0.39 is 0 Å². The van der Waals surface area contributed by atoms with Gasteiger partial charge in [-0.05, 0) is 25.1 Å². The van der Waals surface area contributed by atoms with Gasteiger partial charge >= 0.3 is 5.97 Å². The predicted octanol–water partition coefficient (Wildman–Crippen LogP) is 1.25. The van der Waals surface area contributed by atoms with Gasteiger partial charge in [-0.25, -0.2) is 4.79 Å². The molecule has 0 bridgehead atoms. The highest BCUT2D eigenvalue weighted by atomic mass is 16.5. The van der Waals surface area contributed by atoms with Crippen LogP contribution in [0, 0.1) is 0 Å². The van der Waals surface area contributed by atoms with Gasteiger partial charge in [-0.3, -0.25) is 4.79 Å². The standard InChI is InChI=1S/C12H14N2O3/c1-7-11(15)14(2)10-5-4-8(12(16)17-3)6-9(10)13-7/h4-7,13H,1-3H3/t7-/m0/s1. The van der Waals surface area contributed by atoms with Gasteiger partial charge in [-0.15, -0.1) is 0 Å². The molecule has 90 valence electrons. The molecule has 0 aliphatic carbocycles. The maximum Gasteiger partial charge on any atom is 0.337 e. The van der Waals surface area contributed by atoms with Crippen molar-refractivity contribution in [1.29, 1.82) is 0 Å². The molecule has 1 atom stereocenters. The summed E-state index contributed by atoms with van der Waals surface area (Å²) in [6.07, 6.45) is 0. The molecule has 0 saturated heterocycles. The van der Waals surface area contributed by atoms with Crippen LogP contribution in [0.1, 0.15) is 17.3 Å². The highest BCUT2D eigenvalue weighted by molar-refractivity contribution is 6.05. The van der Waals surface area contributed by atoms with Crippen LogP contribution < -0.4 is 10.2 Å². The lowest BCUT2D eigenvalue weighted by atomic mass is 10.1. The first-order chi connectivity index (χ1) is 8.04. The van der Waals surface area contributed by atoms with E-state index in [9.17, 15) is 9.59 Å². The molecule has 2 rings (SSSR count). The number of carbonyl (C=O) groups is 2. The number of likely N-dealkylation sites (N-methyl/N-ethyl adjacent to an activating group) is 1. The monoisotopic (exact) mass is 234 g/mol. The van der Waals surface area contributed by atoms with Crippen molar-refractivity contribution in [3.05, 3.63) is 23.8 Å². The van der Waals surface area contributed by atoms with E-state index >= 15 is 0 Å². The Hall–Kier alpha value is -2.04. The SMILES string of the molecule is COC(=O)c1ccc2c(c1)N[C@@H](C)C(=O)N2C. The molecule has 1 heterocycles. The van der Waals surface area contributed by atoms with Crippen molar-refractivity contribution in [2.75, 3.05) is 24.4 Å². The van der Waals surface area contributed by atoms with E-state index in [4.69, 9.17) is 0 Å². The molecule has 0 unspecified atom stereocenters. The van der Waals surface area contributed by atoms with Gasteiger partial charge in [0.2, 0.25) is 5.91 Å². The first-order valence-electron chi connectivity index (χ1n) is 5.31. The van der Waals surface area contributed by atoms with E-state index in [0.717, 1.165) is 11.4 Å². The smallest absolute Gasteiger partial charge is 0.337 e. The predicted molar refractivity (Wildman–Crippen MR) is 64.3 cm³/mol. The normalized spacial score (nSPS) is 18.4. The summed E-state index contributed by atoms with van der Waals surface area (Å²) in [6, 6.07) is 4.78. The number of amides is 1. The number of anilines is 2. The van der Waals surface area contributed by atoms with Crippen molar-refractivity contribution in [3.8, 4) is 0 Å². The fourth-order valence-electron chi connectivity index (χ4n) is 1.89. The summed E-state index contributed by atoms with van der Waals surface area (Å²) >= 11 is 0. The van der Waals surface area contributed by atoms with E-state index in [1.807, 2.05) is 0 Å². The summed E-state index contributed by atoms with van der Waals surface area (Å²) in [7, 11) is 3.06. The third-order valence-corrected chi connectivity index (χ3v) is 2.85. The van der Waals surface area contributed by atoms with Gasteiger partial charge in [-0.1, -0.05) is 0 Å². The van der Waals surface area contributed by atoms with Crippen LogP contribution in [0.5, 0.6) is 0 Å². The molecule has 1 aromatic rings. The Morgan fingerprint density at radius 3 is 2.82 bits per heavy atom. The lowest BCUT2D eigenvalue weighted by Crippen LogP contribution is -2.43. The number of nitrogens with zero attached hydrogens (tertiary/aromatic N) is 1. The number of rotatable bonds is 1. The van der Waals surface area contributed by atoms with Gasteiger partial charge in [0.15, 0.2) is 0 Å². The van der Waals surface area contributed by atoms with Gasteiger partial charge in [0.25, 0.3) is 0 Å². The van der Waals surface area contributed by atoms with Crippen molar-refractivity contribution in [1.82, 2.24) is 0 Å². The zero-order valence-corrected chi connectivity index (χ0v) is 9.98. The maximum absolute atomic E-state index is 11.7. The van der Waals surface area contributed by atoms with Crippen molar-refractivity contribution in [3.63, 3.8) is 0 Å². The fraction of sp³-hybridized carbons (Fsp3) is 0.333. The van der Waals surface area contributed by atoms with Crippen LogP contribution >= 0.6 is 0 Å². The lowest BCUT2D eigenvalue weighted by Gasteiger charge is -2.31. The Bertz CT molecular complexity index is 485. The minimum Gasteiger partial charge on any atom is -0.465 e.